The van der Waals surface area contributed by atoms with Crippen molar-refractivity contribution in [1.82, 2.24) is 5.32 Å². The van der Waals surface area contributed by atoms with Crippen LogP contribution in [0.4, 0.5) is 5.69 Å². The van der Waals surface area contributed by atoms with Crippen molar-refractivity contribution < 1.29 is 5.11 Å². The quantitative estimate of drug-likeness (QED) is 0.770. The van der Waals surface area contributed by atoms with E-state index in [-0.39, 0.29) is 6.61 Å². The molecule has 0 spiro atoms. The molecule has 4 heteroatoms. The van der Waals surface area contributed by atoms with E-state index in [4.69, 9.17) is 16.7 Å². The van der Waals surface area contributed by atoms with Gasteiger partial charge in [-0.05, 0) is 31.0 Å². The van der Waals surface area contributed by atoms with E-state index >= 15 is 0 Å². The standard InChI is InChI=1S/C15H25ClN2O/c1-4-18(8-5-9-19)15-10-14(16)7-6-13(15)11-17-12(2)3/h6-7,10,12,17,19H,4-5,8-9,11H2,1-3H3. The highest BCUT2D eigenvalue weighted by Gasteiger charge is 2.10. The average molecular weight is 285 g/mol. The highest BCUT2D eigenvalue weighted by atomic mass is 35.5. The maximum Gasteiger partial charge on any atom is 0.0447 e. The number of benzene rings is 1. The van der Waals surface area contributed by atoms with Crippen molar-refractivity contribution in [3.8, 4) is 0 Å². The van der Waals surface area contributed by atoms with Gasteiger partial charge < -0.3 is 15.3 Å². The zero-order valence-corrected chi connectivity index (χ0v) is 12.9. The zero-order chi connectivity index (χ0) is 14.3. The normalized spacial score (nSPS) is 11.1. The zero-order valence-electron chi connectivity index (χ0n) is 12.1. The third kappa shape index (κ3) is 5.39. The maximum absolute atomic E-state index is 8.99. The van der Waals surface area contributed by atoms with Crippen molar-refractivity contribution in [2.75, 3.05) is 24.6 Å². The first-order valence-electron chi connectivity index (χ1n) is 6.96. The van der Waals surface area contributed by atoms with Gasteiger partial charge in [-0.3, -0.25) is 0 Å². The first-order chi connectivity index (χ1) is 9.08. The minimum absolute atomic E-state index is 0.219. The average Bonchev–Trinajstić information content (AvgIpc) is 2.38. The summed E-state index contributed by atoms with van der Waals surface area (Å²) in [6.45, 7) is 9.21. The Morgan fingerprint density at radius 3 is 2.68 bits per heavy atom. The molecule has 0 aliphatic heterocycles. The van der Waals surface area contributed by atoms with Crippen LogP contribution in [0.1, 0.15) is 32.8 Å². The highest BCUT2D eigenvalue weighted by Crippen LogP contribution is 2.25. The van der Waals surface area contributed by atoms with Gasteiger partial charge in [-0.2, -0.15) is 0 Å². The molecule has 1 aromatic carbocycles. The van der Waals surface area contributed by atoms with Crippen LogP contribution in [-0.2, 0) is 6.54 Å². The number of hydrogen-bond acceptors (Lipinski definition) is 3. The molecular formula is C15H25ClN2O. The van der Waals surface area contributed by atoms with Crippen LogP contribution in [0.5, 0.6) is 0 Å². The molecule has 0 aliphatic carbocycles. The largest absolute Gasteiger partial charge is 0.396 e. The Balaban J connectivity index is 2.90. The summed E-state index contributed by atoms with van der Waals surface area (Å²) in [6, 6.07) is 6.48. The molecule has 0 fully saturated rings. The molecule has 0 unspecified atom stereocenters. The molecule has 0 atom stereocenters. The van der Waals surface area contributed by atoms with E-state index in [2.05, 4.69) is 37.1 Å². The molecule has 19 heavy (non-hydrogen) atoms. The number of aliphatic hydroxyl groups excluding tert-OH is 1. The summed E-state index contributed by atoms with van der Waals surface area (Å²) in [5.74, 6) is 0. The lowest BCUT2D eigenvalue weighted by atomic mass is 10.1. The Bertz CT molecular complexity index is 382. The van der Waals surface area contributed by atoms with E-state index in [1.807, 2.05) is 12.1 Å². The fourth-order valence-corrected chi connectivity index (χ4v) is 2.17. The molecule has 108 valence electrons. The smallest absolute Gasteiger partial charge is 0.0447 e. The molecule has 0 heterocycles. The molecule has 0 bridgehead atoms. The number of rotatable bonds is 8. The van der Waals surface area contributed by atoms with Crippen molar-refractivity contribution in [3.05, 3.63) is 28.8 Å². The molecular weight excluding hydrogens is 260 g/mol. The third-order valence-electron chi connectivity index (χ3n) is 3.06. The predicted octanol–water partition coefficient (Wildman–Crippen LogP) is 3.05. The van der Waals surface area contributed by atoms with Gasteiger partial charge in [0.15, 0.2) is 0 Å². The van der Waals surface area contributed by atoms with Crippen LogP contribution in [-0.4, -0.2) is 30.8 Å². The molecule has 3 nitrogen and oxygen atoms in total. The minimum Gasteiger partial charge on any atom is -0.396 e. The number of nitrogens with one attached hydrogen (secondary N) is 1. The monoisotopic (exact) mass is 284 g/mol. The van der Waals surface area contributed by atoms with Crippen LogP contribution in [0.15, 0.2) is 18.2 Å². The number of aliphatic hydroxyl groups is 1. The second kappa shape index (κ2) is 8.41. The van der Waals surface area contributed by atoms with Gasteiger partial charge >= 0.3 is 0 Å². The summed E-state index contributed by atoms with van der Waals surface area (Å²) in [5, 5.41) is 13.2. The van der Waals surface area contributed by atoms with Crippen LogP contribution in [0.25, 0.3) is 0 Å². The first-order valence-corrected chi connectivity index (χ1v) is 7.33. The van der Waals surface area contributed by atoms with E-state index < -0.39 is 0 Å². The number of hydrogen-bond donors (Lipinski definition) is 2. The fraction of sp³-hybridized carbons (Fsp3) is 0.600. The Labute approximate surface area is 121 Å². The summed E-state index contributed by atoms with van der Waals surface area (Å²) in [5.41, 5.74) is 2.41. The third-order valence-corrected chi connectivity index (χ3v) is 3.29. The van der Waals surface area contributed by atoms with E-state index in [0.717, 1.165) is 36.8 Å². The van der Waals surface area contributed by atoms with Crippen molar-refractivity contribution in [3.63, 3.8) is 0 Å². The second-order valence-corrected chi connectivity index (χ2v) is 5.40. The molecule has 1 rings (SSSR count). The Morgan fingerprint density at radius 1 is 1.37 bits per heavy atom. The van der Waals surface area contributed by atoms with Crippen molar-refractivity contribution in [2.24, 2.45) is 0 Å². The molecule has 0 amide bonds. The Kier molecular flexibility index (Phi) is 7.21. The highest BCUT2D eigenvalue weighted by molar-refractivity contribution is 6.30. The molecule has 0 saturated heterocycles. The van der Waals surface area contributed by atoms with Gasteiger partial charge in [-0.25, -0.2) is 0 Å². The van der Waals surface area contributed by atoms with Gasteiger partial charge in [-0.15, -0.1) is 0 Å². The number of nitrogens with zero attached hydrogens (tertiary/aromatic N) is 1. The second-order valence-electron chi connectivity index (χ2n) is 4.97. The van der Waals surface area contributed by atoms with Crippen LogP contribution in [0, 0.1) is 0 Å². The van der Waals surface area contributed by atoms with Crippen LogP contribution >= 0.6 is 11.6 Å². The van der Waals surface area contributed by atoms with Crippen molar-refractivity contribution in [2.45, 2.75) is 39.8 Å². The maximum atomic E-state index is 8.99. The van der Waals surface area contributed by atoms with Gasteiger partial charge in [0.1, 0.15) is 0 Å². The van der Waals surface area contributed by atoms with E-state index in [9.17, 15) is 0 Å². The predicted molar refractivity (Wildman–Crippen MR) is 83.0 cm³/mol. The van der Waals surface area contributed by atoms with Crippen LogP contribution in [0.3, 0.4) is 0 Å². The lowest BCUT2D eigenvalue weighted by Gasteiger charge is -2.26. The SMILES string of the molecule is CCN(CCCO)c1cc(Cl)ccc1CNC(C)C. The van der Waals surface area contributed by atoms with E-state index in [1.165, 1.54) is 5.56 Å². The molecule has 0 radical (unpaired) electrons. The first kappa shape index (κ1) is 16.3. The Hall–Kier alpha value is -0.770. The minimum atomic E-state index is 0.219. The summed E-state index contributed by atoms with van der Waals surface area (Å²) in [6.07, 6.45) is 0.775. The summed E-state index contributed by atoms with van der Waals surface area (Å²) in [7, 11) is 0. The molecule has 0 aliphatic rings. The van der Waals surface area contributed by atoms with Gasteiger partial charge in [0, 0.05) is 43.0 Å². The van der Waals surface area contributed by atoms with Gasteiger partial charge in [0.05, 0.1) is 0 Å². The number of halogens is 1. The Morgan fingerprint density at radius 2 is 2.11 bits per heavy atom. The van der Waals surface area contributed by atoms with E-state index in [0.29, 0.717) is 6.04 Å². The van der Waals surface area contributed by atoms with Gasteiger partial charge in [-0.1, -0.05) is 31.5 Å². The number of anilines is 1. The molecule has 0 aromatic heterocycles. The summed E-state index contributed by atoms with van der Waals surface area (Å²) < 4.78 is 0. The van der Waals surface area contributed by atoms with Gasteiger partial charge in [0.25, 0.3) is 0 Å². The lowest BCUT2D eigenvalue weighted by molar-refractivity contribution is 0.289. The van der Waals surface area contributed by atoms with E-state index in [1.54, 1.807) is 0 Å². The lowest BCUT2D eigenvalue weighted by Crippen LogP contribution is -2.28. The van der Waals surface area contributed by atoms with Crippen LogP contribution < -0.4 is 10.2 Å². The molecule has 2 N–H and O–H groups in total. The fourth-order valence-electron chi connectivity index (χ4n) is 2.01. The van der Waals surface area contributed by atoms with Crippen molar-refractivity contribution >= 4 is 17.3 Å². The summed E-state index contributed by atoms with van der Waals surface area (Å²) >= 11 is 6.12. The topological polar surface area (TPSA) is 35.5 Å². The molecule has 0 saturated carbocycles. The van der Waals surface area contributed by atoms with Crippen molar-refractivity contribution in [1.29, 1.82) is 0 Å². The van der Waals surface area contributed by atoms with Crippen LogP contribution in [0.2, 0.25) is 5.02 Å². The molecule has 1 aromatic rings. The summed E-state index contributed by atoms with van der Waals surface area (Å²) in [4.78, 5) is 2.26. The van der Waals surface area contributed by atoms with Gasteiger partial charge in [0.2, 0.25) is 0 Å².